The van der Waals surface area contributed by atoms with Crippen molar-refractivity contribution in [3.63, 3.8) is 0 Å². The number of rotatable bonds is 9. The fraction of sp³-hybridized carbons (Fsp3) is 0.750. The Morgan fingerprint density at radius 3 is 2.43 bits per heavy atom. The van der Waals surface area contributed by atoms with Crippen molar-refractivity contribution in [2.24, 2.45) is 0 Å². The van der Waals surface area contributed by atoms with Gasteiger partial charge in [-0.3, -0.25) is 4.90 Å². The van der Waals surface area contributed by atoms with Crippen molar-refractivity contribution in [2.75, 3.05) is 25.0 Å². The summed E-state index contributed by atoms with van der Waals surface area (Å²) in [5, 5.41) is 3.20. The second-order valence-electron chi connectivity index (χ2n) is 5.87. The van der Waals surface area contributed by atoms with Crippen molar-refractivity contribution in [1.82, 2.24) is 14.9 Å². The molecule has 0 amide bonds. The minimum Gasteiger partial charge on any atom is -0.476 e. The van der Waals surface area contributed by atoms with Gasteiger partial charge in [0.15, 0.2) is 0 Å². The maximum Gasteiger partial charge on any atom is 0.226 e. The van der Waals surface area contributed by atoms with Crippen LogP contribution in [0.25, 0.3) is 0 Å². The summed E-state index contributed by atoms with van der Waals surface area (Å²) in [6.07, 6.45) is 1.05. The van der Waals surface area contributed by atoms with Crippen molar-refractivity contribution >= 4 is 5.95 Å². The summed E-state index contributed by atoms with van der Waals surface area (Å²) in [5.74, 6) is 1.30. The van der Waals surface area contributed by atoms with Crippen molar-refractivity contribution in [2.45, 2.75) is 60.0 Å². The van der Waals surface area contributed by atoms with E-state index in [0.717, 1.165) is 25.2 Å². The highest BCUT2D eigenvalue weighted by atomic mass is 16.5. The molecule has 0 saturated heterocycles. The number of anilines is 1. The zero-order valence-electron chi connectivity index (χ0n) is 14.3. The first kappa shape index (κ1) is 17.7. The Hall–Kier alpha value is -1.36. The smallest absolute Gasteiger partial charge is 0.226 e. The van der Waals surface area contributed by atoms with Crippen LogP contribution in [-0.4, -0.2) is 46.6 Å². The van der Waals surface area contributed by atoms with Gasteiger partial charge in [0.2, 0.25) is 11.8 Å². The van der Waals surface area contributed by atoms with Gasteiger partial charge in [-0.2, -0.15) is 4.98 Å². The largest absolute Gasteiger partial charge is 0.476 e. The average Bonchev–Trinajstić information content (AvgIpc) is 2.40. The van der Waals surface area contributed by atoms with Gasteiger partial charge in [0.25, 0.3) is 0 Å². The molecule has 120 valence electrons. The molecule has 0 fully saturated rings. The lowest BCUT2D eigenvalue weighted by atomic mass is 10.2. The van der Waals surface area contributed by atoms with Crippen molar-refractivity contribution in [1.29, 1.82) is 0 Å². The van der Waals surface area contributed by atoms with Gasteiger partial charge in [-0.25, -0.2) is 4.98 Å². The molecule has 0 spiro atoms. The van der Waals surface area contributed by atoms with Gasteiger partial charge < -0.3 is 10.1 Å². The summed E-state index contributed by atoms with van der Waals surface area (Å²) in [6, 6.07) is 2.91. The Balaban J connectivity index is 2.56. The molecule has 0 atom stereocenters. The highest BCUT2D eigenvalue weighted by Crippen LogP contribution is 2.12. The van der Waals surface area contributed by atoms with E-state index in [-0.39, 0.29) is 0 Å². The Bertz CT molecular complexity index is 413. The molecule has 5 heteroatoms. The van der Waals surface area contributed by atoms with E-state index in [1.54, 1.807) is 0 Å². The van der Waals surface area contributed by atoms with Gasteiger partial charge in [0.05, 0.1) is 0 Å². The molecule has 1 N–H and O–H groups in total. The van der Waals surface area contributed by atoms with Gasteiger partial charge in [-0.1, -0.05) is 6.92 Å². The molecule has 5 nitrogen and oxygen atoms in total. The number of hydrogen-bond acceptors (Lipinski definition) is 5. The van der Waals surface area contributed by atoms with Crippen molar-refractivity contribution < 1.29 is 4.74 Å². The van der Waals surface area contributed by atoms with E-state index in [2.05, 4.69) is 54.8 Å². The van der Waals surface area contributed by atoms with Gasteiger partial charge in [-0.05, 0) is 41.0 Å². The topological polar surface area (TPSA) is 50.3 Å². The quantitative estimate of drug-likeness (QED) is 0.758. The maximum atomic E-state index is 5.81. The highest BCUT2D eigenvalue weighted by molar-refractivity contribution is 5.30. The molecule has 1 aromatic rings. The fourth-order valence-electron chi connectivity index (χ4n) is 2.30. The molecule has 0 radical (unpaired) electrons. The number of ether oxygens (including phenoxy) is 1. The van der Waals surface area contributed by atoms with Crippen LogP contribution in [0.5, 0.6) is 5.88 Å². The van der Waals surface area contributed by atoms with Crippen LogP contribution in [0.2, 0.25) is 0 Å². The Labute approximate surface area is 129 Å². The Kier molecular flexibility index (Phi) is 7.43. The van der Waals surface area contributed by atoms with Crippen LogP contribution in [0.1, 0.15) is 46.7 Å². The number of aromatic nitrogens is 2. The second kappa shape index (κ2) is 8.82. The van der Waals surface area contributed by atoms with E-state index in [1.807, 2.05) is 13.0 Å². The van der Waals surface area contributed by atoms with E-state index in [0.29, 0.717) is 30.5 Å². The predicted molar refractivity (Wildman–Crippen MR) is 88.0 cm³/mol. The zero-order valence-corrected chi connectivity index (χ0v) is 14.3. The van der Waals surface area contributed by atoms with Crippen LogP contribution in [0, 0.1) is 6.92 Å². The molecule has 1 aromatic heterocycles. The van der Waals surface area contributed by atoms with E-state index < -0.39 is 0 Å². The Morgan fingerprint density at radius 1 is 1.19 bits per heavy atom. The SMILES string of the molecule is CCCNc1nc(C)cc(OCCN(C(C)C)C(C)C)n1. The first-order chi connectivity index (χ1) is 9.93. The van der Waals surface area contributed by atoms with Crippen LogP contribution < -0.4 is 10.1 Å². The van der Waals surface area contributed by atoms with Gasteiger partial charge >= 0.3 is 0 Å². The minimum atomic E-state index is 0.516. The summed E-state index contributed by atoms with van der Waals surface area (Å²) < 4.78 is 5.81. The van der Waals surface area contributed by atoms with Gasteiger partial charge in [0, 0.05) is 36.9 Å². The average molecular weight is 294 g/mol. The van der Waals surface area contributed by atoms with Crippen LogP contribution in [0.3, 0.4) is 0 Å². The van der Waals surface area contributed by atoms with Crippen LogP contribution >= 0.6 is 0 Å². The van der Waals surface area contributed by atoms with E-state index in [4.69, 9.17) is 4.74 Å². The van der Waals surface area contributed by atoms with Crippen LogP contribution in [0.15, 0.2) is 6.07 Å². The maximum absolute atomic E-state index is 5.81. The summed E-state index contributed by atoms with van der Waals surface area (Å²) in [7, 11) is 0. The summed E-state index contributed by atoms with van der Waals surface area (Å²) >= 11 is 0. The van der Waals surface area contributed by atoms with E-state index >= 15 is 0 Å². The summed E-state index contributed by atoms with van der Waals surface area (Å²) in [4.78, 5) is 11.2. The lowest BCUT2D eigenvalue weighted by molar-refractivity contribution is 0.140. The van der Waals surface area contributed by atoms with Gasteiger partial charge in [0.1, 0.15) is 6.61 Å². The normalized spacial score (nSPS) is 11.5. The molecule has 0 aliphatic rings. The number of nitrogens with one attached hydrogen (secondary N) is 1. The first-order valence-corrected chi connectivity index (χ1v) is 7.92. The monoisotopic (exact) mass is 294 g/mol. The molecule has 0 unspecified atom stereocenters. The summed E-state index contributed by atoms with van der Waals surface area (Å²) in [5.41, 5.74) is 0.920. The lowest BCUT2D eigenvalue weighted by Gasteiger charge is -2.30. The molecule has 1 heterocycles. The highest BCUT2D eigenvalue weighted by Gasteiger charge is 2.13. The number of aryl methyl sites for hydroxylation is 1. The Morgan fingerprint density at radius 2 is 1.86 bits per heavy atom. The zero-order chi connectivity index (χ0) is 15.8. The van der Waals surface area contributed by atoms with Crippen molar-refractivity contribution in [3.05, 3.63) is 11.8 Å². The van der Waals surface area contributed by atoms with Crippen LogP contribution in [0.4, 0.5) is 5.95 Å². The summed E-state index contributed by atoms with van der Waals surface area (Å²) in [6.45, 7) is 15.3. The molecular formula is C16H30N4O. The number of hydrogen-bond donors (Lipinski definition) is 1. The molecule has 1 rings (SSSR count). The third kappa shape index (κ3) is 6.29. The lowest BCUT2D eigenvalue weighted by Crippen LogP contribution is -2.39. The van der Waals surface area contributed by atoms with Crippen LogP contribution in [-0.2, 0) is 0 Å². The van der Waals surface area contributed by atoms with Crippen molar-refractivity contribution in [3.8, 4) is 5.88 Å². The molecule has 0 aromatic carbocycles. The predicted octanol–water partition coefficient (Wildman–Crippen LogP) is 3.10. The molecule has 21 heavy (non-hydrogen) atoms. The standard InChI is InChI=1S/C16H30N4O/c1-7-8-17-16-18-14(6)11-15(19-16)21-10-9-20(12(2)3)13(4)5/h11-13H,7-10H2,1-6H3,(H,17,18,19). The van der Waals surface area contributed by atoms with E-state index in [1.165, 1.54) is 0 Å². The molecule has 0 aliphatic heterocycles. The fourth-order valence-corrected chi connectivity index (χ4v) is 2.30. The molecule has 0 aliphatic carbocycles. The molecule has 0 bridgehead atoms. The first-order valence-electron chi connectivity index (χ1n) is 7.92. The molecular weight excluding hydrogens is 264 g/mol. The third-order valence-electron chi connectivity index (χ3n) is 3.29. The van der Waals surface area contributed by atoms with Gasteiger partial charge in [-0.15, -0.1) is 0 Å². The van der Waals surface area contributed by atoms with E-state index in [9.17, 15) is 0 Å². The second-order valence-corrected chi connectivity index (χ2v) is 5.87. The molecule has 0 saturated carbocycles. The third-order valence-corrected chi connectivity index (χ3v) is 3.29. The number of nitrogens with zero attached hydrogens (tertiary/aromatic N) is 3. The minimum absolute atomic E-state index is 0.516.